The van der Waals surface area contributed by atoms with Crippen molar-refractivity contribution in [3.63, 3.8) is 0 Å². The van der Waals surface area contributed by atoms with Gasteiger partial charge in [-0.15, -0.1) is 0 Å². The van der Waals surface area contributed by atoms with Crippen LogP contribution < -0.4 is 5.73 Å². The molecule has 1 atom stereocenters. The molecule has 2 aliphatic rings. The van der Waals surface area contributed by atoms with E-state index in [2.05, 4.69) is 0 Å². The molecule has 1 saturated heterocycles. The zero-order chi connectivity index (χ0) is 12.5. The molecule has 0 radical (unpaired) electrons. The lowest BCUT2D eigenvalue weighted by Crippen LogP contribution is -2.39. The fourth-order valence-electron chi connectivity index (χ4n) is 2.71. The summed E-state index contributed by atoms with van der Waals surface area (Å²) in [5.74, 6) is 0.129. The Hall–Kier alpha value is -1.55. The number of rotatable bonds is 1. The number of ether oxygens (including phenoxy) is 1. The van der Waals surface area contributed by atoms with Crippen LogP contribution in [-0.4, -0.2) is 23.5 Å². The number of fused-ring (bicyclic) bond motifs is 1. The monoisotopic (exact) mass is 246 g/mol. The van der Waals surface area contributed by atoms with Gasteiger partial charge in [0.25, 0.3) is 5.91 Å². The van der Waals surface area contributed by atoms with Gasteiger partial charge in [-0.25, -0.2) is 0 Å². The molecule has 1 aromatic rings. The van der Waals surface area contributed by atoms with Gasteiger partial charge in [-0.1, -0.05) is 6.07 Å². The van der Waals surface area contributed by atoms with E-state index >= 15 is 0 Å². The molecule has 0 aliphatic carbocycles. The SMILES string of the molecule is Nc1ccc2c(c1)CN(C(=O)C1CCCCO1)C2. The Morgan fingerprint density at radius 2 is 2.11 bits per heavy atom. The van der Waals surface area contributed by atoms with Gasteiger partial charge in [0, 0.05) is 25.4 Å². The minimum atomic E-state index is -0.231. The predicted octanol–water partition coefficient (Wildman–Crippen LogP) is 1.68. The van der Waals surface area contributed by atoms with Gasteiger partial charge in [-0.05, 0) is 42.5 Å². The van der Waals surface area contributed by atoms with Gasteiger partial charge in [0.15, 0.2) is 0 Å². The van der Waals surface area contributed by atoms with Crippen molar-refractivity contribution in [2.45, 2.75) is 38.5 Å². The molecule has 2 heterocycles. The van der Waals surface area contributed by atoms with Gasteiger partial charge in [0.2, 0.25) is 0 Å². The molecule has 0 aromatic heterocycles. The van der Waals surface area contributed by atoms with Crippen LogP contribution in [0.1, 0.15) is 30.4 Å². The van der Waals surface area contributed by atoms with Crippen LogP contribution in [0.5, 0.6) is 0 Å². The van der Waals surface area contributed by atoms with Crippen molar-refractivity contribution in [2.75, 3.05) is 12.3 Å². The Morgan fingerprint density at radius 1 is 1.28 bits per heavy atom. The summed E-state index contributed by atoms with van der Waals surface area (Å²) in [6, 6.07) is 5.87. The van der Waals surface area contributed by atoms with Crippen molar-refractivity contribution in [3.05, 3.63) is 29.3 Å². The van der Waals surface area contributed by atoms with E-state index in [9.17, 15) is 4.79 Å². The van der Waals surface area contributed by atoms with Gasteiger partial charge in [0.1, 0.15) is 6.10 Å². The van der Waals surface area contributed by atoms with E-state index < -0.39 is 0 Å². The van der Waals surface area contributed by atoms with Crippen LogP contribution in [0.15, 0.2) is 18.2 Å². The van der Waals surface area contributed by atoms with Crippen molar-refractivity contribution in [1.82, 2.24) is 4.90 Å². The summed E-state index contributed by atoms with van der Waals surface area (Å²) >= 11 is 0. The lowest BCUT2D eigenvalue weighted by Gasteiger charge is -2.26. The van der Waals surface area contributed by atoms with Crippen LogP contribution >= 0.6 is 0 Å². The molecular formula is C14H18N2O2. The summed E-state index contributed by atoms with van der Waals surface area (Å²) < 4.78 is 5.56. The number of carbonyl (C=O) groups excluding carboxylic acids is 1. The van der Waals surface area contributed by atoms with Crippen LogP contribution in [0.4, 0.5) is 5.69 Å². The molecule has 96 valence electrons. The third kappa shape index (κ3) is 2.08. The lowest BCUT2D eigenvalue weighted by molar-refractivity contribution is -0.147. The topological polar surface area (TPSA) is 55.6 Å². The van der Waals surface area contributed by atoms with E-state index in [1.165, 1.54) is 11.1 Å². The van der Waals surface area contributed by atoms with Crippen molar-refractivity contribution in [3.8, 4) is 0 Å². The fraction of sp³-hybridized carbons (Fsp3) is 0.500. The molecule has 1 aromatic carbocycles. The first-order chi connectivity index (χ1) is 8.74. The summed E-state index contributed by atoms with van der Waals surface area (Å²) in [6.45, 7) is 2.07. The van der Waals surface area contributed by atoms with Gasteiger partial charge >= 0.3 is 0 Å². The van der Waals surface area contributed by atoms with Gasteiger partial charge in [0.05, 0.1) is 0 Å². The van der Waals surface area contributed by atoms with E-state index in [4.69, 9.17) is 10.5 Å². The van der Waals surface area contributed by atoms with Crippen molar-refractivity contribution >= 4 is 11.6 Å². The number of hydrogen-bond acceptors (Lipinski definition) is 3. The first kappa shape index (κ1) is 11.5. The molecule has 3 rings (SSSR count). The number of benzene rings is 1. The molecule has 1 fully saturated rings. The highest BCUT2D eigenvalue weighted by molar-refractivity contribution is 5.81. The highest BCUT2D eigenvalue weighted by atomic mass is 16.5. The minimum absolute atomic E-state index is 0.129. The lowest BCUT2D eigenvalue weighted by atomic mass is 10.1. The number of nitrogen functional groups attached to an aromatic ring is 1. The number of anilines is 1. The normalized spacial score (nSPS) is 22.9. The second-order valence-electron chi connectivity index (χ2n) is 5.08. The van der Waals surface area contributed by atoms with Gasteiger partial charge < -0.3 is 15.4 Å². The predicted molar refractivity (Wildman–Crippen MR) is 68.7 cm³/mol. The van der Waals surface area contributed by atoms with Crippen LogP contribution in [0.25, 0.3) is 0 Å². The number of nitrogens with two attached hydrogens (primary N) is 1. The Balaban J connectivity index is 1.71. The molecule has 0 saturated carbocycles. The molecule has 0 spiro atoms. The Morgan fingerprint density at radius 3 is 2.89 bits per heavy atom. The second kappa shape index (κ2) is 4.61. The zero-order valence-electron chi connectivity index (χ0n) is 10.4. The smallest absolute Gasteiger partial charge is 0.252 e. The van der Waals surface area contributed by atoms with Gasteiger partial charge in [-0.2, -0.15) is 0 Å². The summed E-state index contributed by atoms with van der Waals surface area (Å²) in [6.07, 6.45) is 2.78. The highest BCUT2D eigenvalue weighted by Crippen LogP contribution is 2.26. The van der Waals surface area contributed by atoms with Crippen LogP contribution in [0, 0.1) is 0 Å². The standard InChI is InChI=1S/C14H18N2O2/c15-12-5-4-10-8-16(9-11(10)7-12)14(17)13-3-1-2-6-18-13/h4-5,7,13H,1-3,6,8-9,15H2. The van der Waals surface area contributed by atoms with E-state index in [0.717, 1.165) is 24.9 Å². The summed E-state index contributed by atoms with van der Waals surface area (Å²) in [7, 11) is 0. The van der Waals surface area contributed by atoms with Crippen molar-refractivity contribution in [2.24, 2.45) is 0 Å². The third-order valence-electron chi connectivity index (χ3n) is 3.72. The first-order valence-corrected chi connectivity index (χ1v) is 6.52. The largest absolute Gasteiger partial charge is 0.399 e. The highest BCUT2D eigenvalue weighted by Gasteiger charge is 2.30. The number of carbonyl (C=O) groups is 1. The Kier molecular flexibility index (Phi) is 2.96. The Bertz CT molecular complexity index is 467. The van der Waals surface area contributed by atoms with E-state index in [-0.39, 0.29) is 12.0 Å². The average molecular weight is 246 g/mol. The molecule has 2 N–H and O–H groups in total. The number of nitrogens with zero attached hydrogens (tertiary/aromatic N) is 1. The number of hydrogen-bond donors (Lipinski definition) is 1. The van der Waals surface area contributed by atoms with Crippen molar-refractivity contribution < 1.29 is 9.53 Å². The maximum atomic E-state index is 12.3. The van der Waals surface area contributed by atoms with Crippen molar-refractivity contribution in [1.29, 1.82) is 0 Å². The maximum Gasteiger partial charge on any atom is 0.252 e. The minimum Gasteiger partial charge on any atom is -0.399 e. The maximum absolute atomic E-state index is 12.3. The molecule has 1 unspecified atom stereocenters. The molecule has 1 amide bonds. The number of amides is 1. The van der Waals surface area contributed by atoms with Gasteiger partial charge in [-0.3, -0.25) is 4.79 Å². The quantitative estimate of drug-likeness (QED) is 0.767. The van der Waals surface area contributed by atoms with E-state index in [1.54, 1.807) is 0 Å². The first-order valence-electron chi connectivity index (χ1n) is 6.52. The third-order valence-corrected chi connectivity index (χ3v) is 3.72. The average Bonchev–Trinajstić information content (AvgIpc) is 2.81. The fourth-order valence-corrected chi connectivity index (χ4v) is 2.71. The molecule has 2 aliphatic heterocycles. The molecule has 4 nitrogen and oxygen atoms in total. The molecular weight excluding hydrogens is 228 g/mol. The molecule has 4 heteroatoms. The summed E-state index contributed by atoms with van der Waals surface area (Å²) in [5, 5.41) is 0. The molecule has 18 heavy (non-hydrogen) atoms. The second-order valence-corrected chi connectivity index (χ2v) is 5.08. The summed E-state index contributed by atoms with van der Waals surface area (Å²) in [5.41, 5.74) is 8.90. The summed E-state index contributed by atoms with van der Waals surface area (Å²) in [4.78, 5) is 14.2. The molecule has 0 bridgehead atoms. The van der Waals surface area contributed by atoms with Crippen LogP contribution in [0.2, 0.25) is 0 Å². The van der Waals surface area contributed by atoms with Crippen LogP contribution in [0.3, 0.4) is 0 Å². The van der Waals surface area contributed by atoms with Crippen LogP contribution in [-0.2, 0) is 22.6 Å². The van der Waals surface area contributed by atoms with E-state index in [0.29, 0.717) is 19.7 Å². The zero-order valence-corrected chi connectivity index (χ0v) is 10.4. The Labute approximate surface area is 107 Å². The van der Waals surface area contributed by atoms with E-state index in [1.807, 2.05) is 23.1 Å².